The number of carbonyl (C=O) groups excluding carboxylic acids is 1. The lowest BCUT2D eigenvalue weighted by Crippen LogP contribution is -2.39. The van der Waals surface area contributed by atoms with Gasteiger partial charge in [-0.3, -0.25) is 4.79 Å². The van der Waals surface area contributed by atoms with Crippen LogP contribution in [0.3, 0.4) is 0 Å². The van der Waals surface area contributed by atoms with Crippen LogP contribution in [0.2, 0.25) is 0 Å². The van der Waals surface area contributed by atoms with Crippen molar-refractivity contribution in [3.05, 3.63) is 29.8 Å². The number of esters is 1. The molecule has 0 fully saturated rings. The van der Waals surface area contributed by atoms with Crippen LogP contribution in [0.15, 0.2) is 24.3 Å². The summed E-state index contributed by atoms with van der Waals surface area (Å²) in [6.07, 6.45) is 0.598. The van der Waals surface area contributed by atoms with E-state index in [1.165, 1.54) is 7.11 Å². The first-order chi connectivity index (χ1) is 13.1. The van der Waals surface area contributed by atoms with E-state index >= 15 is 0 Å². The molecule has 0 amide bonds. The van der Waals surface area contributed by atoms with E-state index in [1.54, 1.807) is 13.0 Å². The van der Waals surface area contributed by atoms with Gasteiger partial charge >= 0.3 is 11.9 Å². The highest BCUT2D eigenvalue weighted by atomic mass is 16.6. The Kier molecular flexibility index (Phi) is 9.96. The van der Waals surface area contributed by atoms with E-state index in [9.17, 15) is 14.7 Å². The second kappa shape index (κ2) is 11.7. The van der Waals surface area contributed by atoms with Gasteiger partial charge in [0.2, 0.25) is 0 Å². The maximum atomic E-state index is 11.2. The number of carboxylic acid groups (broad SMARTS) is 1. The topological polar surface area (TPSA) is 119 Å². The number of hydrogen-bond acceptors (Lipinski definition) is 6. The van der Waals surface area contributed by atoms with E-state index in [1.807, 2.05) is 18.2 Å². The lowest BCUT2D eigenvalue weighted by Gasteiger charge is -2.28. The van der Waals surface area contributed by atoms with Crippen molar-refractivity contribution in [2.75, 3.05) is 13.7 Å². The molecule has 0 saturated carbocycles. The minimum absolute atomic E-state index is 0.137. The smallest absolute Gasteiger partial charge is 0.343 e. The Hall–Kier alpha value is -2.12. The van der Waals surface area contributed by atoms with Crippen molar-refractivity contribution in [1.82, 2.24) is 0 Å². The monoisotopic (exact) mass is 395 g/mol. The first kappa shape index (κ1) is 23.9. The Morgan fingerprint density at radius 3 is 2.43 bits per heavy atom. The van der Waals surface area contributed by atoms with Gasteiger partial charge in [-0.2, -0.15) is 0 Å². The summed E-state index contributed by atoms with van der Waals surface area (Å²) in [4.78, 5) is 22.2. The highest BCUT2D eigenvalue weighted by Gasteiger charge is 2.25. The predicted octanol–water partition coefficient (Wildman–Crippen LogP) is 2.24. The van der Waals surface area contributed by atoms with Crippen LogP contribution in [0.1, 0.15) is 39.2 Å². The number of methoxy groups -OCH3 is 1. The number of aliphatic hydroxyl groups is 1. The average Bonchev–Trinajstić information content (AvgIpc) is 2.65. The zero-order valence-corrected chi connectivity index (χ0v) is 17.1. The highest BCUT2D eigenvalue weighted by Crippen LogP contribution is 2.25. The molecule has 1 rings (SSSR count). The fourth-order valence-electron chi connectivity index (χ4n) is 3.00. The summed E-state index contributed by atoms with van der Waals surface area (Å²) in [6.45, 7) is 5.62. The zero-order valence-electron chi connectivity index (χ0n) is 17.1. The summed E-state index contributed by atoms with van der Waals surface area (Å²) in [5.74, 6) is -0.890. The Labute approximate surface area is 166 Å². The number of aliphatic carboxylic acids is 1. The SMILES string of the molecule is COC(=O)COc1cccc(CC(CC(N)C(O)CC(C)C(=O)O)C(C)C)c1. The van der Waals surface area contributed by atoms with Crippen LogP contribution in [0, 0.1) is 17.8 Å². The second-order valence-corrected chi connectivity index (χ2v) is 7.66. The molecule has 4 N–H and O–H groups in total. The molecule has 4 unspecified atom stereocenters. The van der Waals surface area contributed by atoms with E-state index in [0.29, 0.717) is 18.1 Å². The molecule has 4 atom stereocenters. The summed E-state index contributed by atoms with van der Waals surface area (Å²) in [6, 6.07) is 7.01. The third-order valence-electron chi connectivity index (χ3n) is 5.01. The van der Waals surface area contributed by atoms with Crippen LogP contribution < -0.4 is 10.5 Å². The van der Waals surface area contributed by atoms with Crippen molar-refractivity contribution in [1.29, 1.82) is 0 Å². The molecule has 1 aromatic carbocycles. The number of ether oxygens (including phenoxy) is 2. The van der Waals surface area contributed by atoms with E-state index in [0.717, 1.165) is 12.0 Å². The van der Waals surface area contributed by atoms with Crippen molar-refractivity contribution in [3.8, 4) is 5.75 Å². The van der Waals surface area contributed by atoms with Crippen molar-refractivity contribution >= 4 is 11.9 Å². The Morgan fingerprint density at radius 2 is 1.86 bits per heavy atom. The van der Waals surface area contributed by atoms with Crippen LogP contribution in [0.4, 0.5) is 0 Å². The third kappa shape index (κ3) is 8.27. The molecule has 0 aliphatic rings. The summed E-state index contributed by atoms with van der Waals surface area (Å²) in [7, 11) is 1.31. The quantitative estimate of drug-likeness (QED) is 0.464. The number of nitrogens with two attached hydrogens (primary N) is 1. The molecule has 0 spiro atoms. The fraction of sp³-hybridized carbons (Fsp3) is 0.619. The van der Waals surface area contributed by atoms with Gasteiger partial charge in [-0.15, -0.1) is 0 Å². The molecule has 0 radical (unpaired) electrons. The van der Waals surface area contributed by atoms with Crippen molar-refractivity contribution in [2.24, 2.45) is 23.5 Å². The number of aliphatic hydroxyl groups excluding tert-OH is 1. The third-order valence-corrected chi connectivity index (χ3v) is 5.01. The first-order valence-electron chi connectivity index (χ1n) is 9.59. The van der Waals surface area contributed by atoms with Crippen LogP contribution >= 0.6 is 0 Å². The van der Waals surface area contributed by atoms with Gasteiger partial charge in [0.05, 0.1) is 19.1 Å². The number of hydrogen-bond donors (Lipinski definition) is 3. The highest BCUT2D eigenvalue weighted by molar-refractivity contribution is 5.70. The number of benzene rings is 1. The molecule has 1 aromatic rings. The molecule has 7 heteroatoms. The average molecular weight is 395 g/mol. The first-order valence-corrected chi connectivity index (χ1v) is 9.59. The Balaban J connectivity index is 2.71. The molecule has 0 saturated heterocycles. The van der Waals surface area contributed by atoms with Gasteiger partial charge in [0, 0.05) is 6.04 Å². The predicted molar refractivity (Wildman–Crippen MR) is 106 cm³/mol. The molecule has 0 aliphatic carbocycles. The summed E-state index contributed by atoms with van der Waals surface area (Å²) >= 11 is 0. The van der Waals surface area contributed by atoms with Gasteiger partial charge in [-0.1, -0.05) is 32.9 Å². The molecular formula is C21H33NO6. The van der Waals surface area contributed by atoms with Gasteiger partial charge in [0.15, 0.2) is 6.61 Å². The van der Waals surface area contributed by atoms with Gasteiger partial charge in [-0.05, 0) is 48.8 Å². The molecule has 28 heavy (non-hydrogen) atoms. The summed E-state index contributed by atoms with van der Waals surface area (Å²) in [5.41, 5.74) is 7.21. The van der Waals surface area contributed by atoms with Crippen LogP contribution in [-0.4, -0.2) is 48.0 Å². The molecule has 0 bridgehead atoms. The Bertz CT molecular complexity index is 633. The lowest BCUT2D eigenvalue weighted by molar-refractivity contribution is -0.143. The van der Waals surface area contributed by atoms with E-state index in [2.05, 4.69) is 18.6 Å². The van der Waals surface area contributed by atoms with Gasteiger partial charge in [0.1, 0.15) is 5.75 Å². The minimum Gasteiger partial charge on any atom is -0.482 e. The summed E-state index contributed by atoms with van der Waals surface area (Å²) in [5, 5.41) is 19.3. The van der Waals surface area contributed by atoms with Crippen LogP contribution in [-0.2, 0) is 20.7 Å². The van der Waals surface area contributed by atoms with Crippen LogP contribution in [0.5, 0.6) is 5.75 Å². The molecule has 0 heterocycles. The van der Waals surface area contributed by atoms with E-state index in [4.69, 9.17) is 15.6 Å². The number of carboxylic acids is 1. The standard InChI is InChI=1S/C21H33NO6/c1-13(2)16(11-18(22)19(23)8-14(3)21(25)26)9-15-6-5-7-17(10-15)28-12-20(24)27-4/h5-7,10,13-14,16,18-19,23H,8-9,11-12,22H2,1-4H3,(H,25,26). The van der Waals surface area contributed by atoms with Crippen molar-refractivity contribution < 1.29 is 29.3 Å². The molecule has 158 valence electrons. The molecule has 0 aromatic heterocycles. The van der Waals surface area contributed by atoms with Gasteiger partial charge < -0.3 is 25.4 Å². The minimum atomic E-state index is -0.935. The maximum absolute atomic E-state index is 11.2. The van der Waals surface area contributed by atoms with Crippen molar-refractivity contribution in [2.45, 2.75) is 52.2 Å². The molecule has 0 aliphatic heterocycles. The summed E-state index contributed by atoms with van der Waals surface area (Å²) < 4.78 is 10.0. The molecule has 7 nitrogen and oxygen atoms in total. The van der Waals surface area contributed by atoms with Gasteiger partial charge in [0.25, 0.3) is 0 Å². The number of carbonyl (C=O) groups is 2. The normalized spacial score (nSPS) is 15.5. The fourth-order valence-corrected chi connectivity index (χ4v) is 3.00. The van der Waals surface area contributed by atoms with Crippen LogP contribution in [0.25, 0.3) is 0 Å². The zero-order chi connectivity index (χ0) is 21.3. The Morgan fingerprint density at radius 1 is 1.18 bits per heavy atom. The maximum Gasteiger partial charge on any atom is 0.343 e. The molecular weight excluding hydrogens is 362 g/mol. The van der Waals surface area contributed by atoms with Crippen molar-refractivity contribution in [3.63, 3.8) is 0 Å². The van der Waals surface area contributed by atoms with E-state index in [-0.39, 0.29) is 18.9 Å². The largest absolute Gasteiger partial charge is 0.482 e. The van der Waals surface area contributed by atoms with E-state index < -0.39 is 30.0 Å². The lowest BCUT2D eigenvalue weighted by atomic mass is 9.82. The number of rotatable bonds is 12. The van der Waals surface area contributed by atoms with Gasteiger partial charge in [-0.25, -0.2) is 4.79 Å². The second-order valence-electron chi connectivity index (χ2n) is 7.66.